The van der Waals surface area contributed by atoms with Gasteiger partial charge in [-0.2, -0.15) is 0 Å². The molecule has 0 radical (unpaired) electrons. The number of hydrogen-bond donors (Lipinski definition) is 0. The number of pyridine rings is 1. The van der Waals surface area contributed by atoms with E-state index in [2.05, 4.69) is 20.1 Å². The molecule has 30 heavy (non-hydrogen) atoms. The molecule has 0 aliphatic carbocycles. The van der Waals surface area contributed by atoms with Gasteiger partial charge in [-0.05, 0) is 30.7 Å². The molecular weight excluding hydrogens is 382 g/mol. The van der Waals surface area contributed by atoms with E-state index in [1.165, 1.54) is 0 Å². The van der Waals surface area contributed by atoms with Crippen LogP contribution in [0, 0.1) is 6.92 Å². The molecule has 0 unspecified atom stereocenters. The minimum absolute atomic E-state index is 0.0105. The van der Waals surface area contributed by atoms with E-state index in [1.807, 2.05) is 55.1 Å². The van der Waals surface area contributed by atoms with E-state index in [9.17, 15) is 4.79 Å². The van der Waals surface area contributed by atoms with Crippen molar-refractivity contribution in [1.29, 1.82) is 0 Å². The third-order valence-corrected chi connectivity index (χ3v) is 5.16. The smallest absolute Gasteiger partial charge is 0.260 e. The van der Waals surface area contributed by atoms with Gasteiger partial charge < -0.3 is 19.0 Å². The van der Waals surface area contributed by atoms with Crippen molar-refractivity contribution in [3.05, 3.63) is 54.0 Å². The third-order valence-electron chi connectivity index (χ3n) is 5.16. The topological polar surface area (TPSA) is 84.6 Å². The van der Waals surface area contributed by atoms with Crippen molar-refractivity contribution in [2.75, 3.05) is 37.7 Å². The molecule has 1 amide bonds. The van der Waals surface area contributed by atoms with E-state index in [-0.39, 0.29) is 12.5 Å². The Morgan fingerprint density at radius 1 is 1.10 bits per heavy atom. The highest BCUT2D eigenvalue weighted by atomic mass is 16.5. The van der Waals surface area contributed by atoms with Crippen LogP contribution >= 0.6 is 0 Å². The second kappa shape index (κ2) is 8.94. The number of ether oxygens (including phenoxy) is 1. The molecule has 0 N–H and O–H groups in total. The summed E-state index contributed by atoms with van der Waals surface area (Å²) in [6.45, 7) is 6.55. The number of para-hydroxylation sites is 1. The molecule has 8 heteroatoms. The molecule has 3 heterocycles. The quantitative estimate of drug-likeness (QED) is 0.621. The fourth-order valence-electron chi connectivity index (χ4n) is 3.44. The van der Waals surface area contributed by atoms with Crippen LogP contribution in [-0.4, -0.2) is 58.8 Å². The van der Waals surface area contributed by atoms with Gasteiger partial charge in [0, 0.05) is 38.8 Å². The van der Waals surface area contributed by atoms with Crippen molar-refractivity contribution in [3.63, 3.8) is 0 Å². The summed E-state index contributed by atoms with van der Waals surface area (Å²) < 4.78 is 11.4. The normalized spacial score (nSPS) is 14.1. The Bertz CT molecular complexity index is 1010. The van der Waals surface area contributed by atoms with Gasteiger partial charge in [0.2, 0.25) is 5.89 Å². The van der Waals surface area contributed by atoms with Crippen LogP contribution in [0.2, 0.25) is 0 Å². The standard InChI is InChI=1S/C22H25N5O3/c1-3-19-24-25-22(30-19)17-8-6-10-23-21(17)27-13-11-26(12-14-27)20(28)15-29-18-9-5-4-7-16(18)2/h4-10H,3,11-15H2,1-2H3. The lowest BCUT2D eigenvalue weighted by Crippen LogP contribution is -2.50. The van der Waals surface area contributed by atoms with Crippen LogP contribution in [0.15, 0.2) is 47.0 Å². The second-order valence-corrected chi connectivity index (χ2v) is 7.15. The molecule has 1 saturated heterocycles. The summed E-state index contributed by atoms with van der Waals surface area (Å²) in [5.41, 5.74) is 1.83. The van der Waals surface area contributed by atoms with Gasteiger partial charge in [-0.1, -0.05) is 25.1 Å². The van der Waals surface area contributed by atoms with Crippen molar-refractivity contribution in [3.8, 4) is 17.2 Å². The van der Waals surface area contributed by atoms with Crippen molar-refractivity contribution < 1.29 is 13.9 Å². The van der Waals surface area contributed by atoms with Crippen LogP contribution in [0.3, 0.4) is 0 Å². The summed E-state index contributed by atoms with van der Waals surface area (Å²) in [7, 11) is 0. The first-order valence-corrected chi connectivity index (χ1v) is 10.1. The van der Waals surface area contributed by atoms with Gasteiger partial charge in [0.15, 0.2) is 6.61 Å². The highest BCUT2D eigenvalue weighted by Crippen LogP contribution is 2.28. The number of piperazine rings is 1. The SMILES string of the molecule is CCc1nnc(-c2cccnc2N2CCN(C(=O)COc3ccccc3C)CC2)o1. The summed E-state index contributed by atoms with van der Waals surface area (Å²) in [4.78, 5) is 21.1. The number of amides is 1. The van der Waals surface area contributed by atoms with Crippen LogP contribution < -0.4 is 9.64 Å². The van der Waals surface area contributed by atoms with Crippen LogP contribution in [0.1, 0.15) is 18.4 Å². The van der Waals surface area contributed by atoms with Gasteiger partial charge in [0.25, 0.3) is 11.8 Å². The summed E-state index contributed by atoms with van der Waals surface area (Å²) in [6, 6.07) is 11.5. The average Bonchev–Trinajstić information content (AvgIpc) is 3.28. The summed E-state index contributed by atoms with van der Waals surface area (Å²) in [5, 5.41) is 8.21. The average molecular weight is 407 g/mol. The van der Waals surface area contributed by atoms with Gasteiger partial charge in [-0.3, -0.25) is 4.79 Å². The highest BCUT2D eigenvalue weighted by Gasteiger charge is 2.25. The van der Waals surface area contributed by atoms with Crippen LogP contribution in [0.25, 0.3) is 11.5 Å². The minimum Gasteiger partial charge on any atom is -0.484 e. The van der Waals surface area contributed by atoms with Gasteiger partial charge in [-0.25, -0.2) is 4.98 Å². The van der Waals surface area contributed by atoms with E-state index >= 15 is 0 Å². The Morgan fingerprint density at radius 3 is 2.63 bits per heavy atom. The summed E-state index contributed by atoms with van der Waals surface area (Å²) in [5.74, 6) is 2.60. The second-order valence-electron chi connectivity index (χ2n) is 7.15. The molecule has 0 atom stereocenters. The molecule has 0 bridgehead atoms. The number of aryl methyl sites for hydroxylation is 2. The number of carbonyl (C=O) groups is 1. The molecule has 1 aliphatic heterocycles. The first-order chi connectivity index (χ1) is 14.7. The zero-order valence-corrected chi connectivity index (χ0v) is 17.2. The Balaban J connectivity index is 1.38. The van der Waals surface area contributed by atoms with Gasteiger partial charge >= 0.3 is 0 Å². The number of hydrogen-bond acceptors (Lipinski definition) is 7. The van der Waals surface area contributed by atoms with Crippen molar-refractivity contribution in [2.24, 2.45) is 0 Å². The number of benzene rings is 1. The lowest BCUT2D eigenvalue weighted by molar-refractivity contribution is -0.133. The third kappa shape index (κ3) is 4.27. The molecule has 1 aliphatic rings. The van der Waals surface area contributed by atoms with Crippen molar-refractivity contribution in [2.45, 2.75) is 20.3 Å². The molecule has 2 aromatic heterocycles. The lowest BCUT2D eigenvalue weighted by Gasteiger charge is -2.35. The maximum atomic E-state index is 12.6. The molecule has 156 valence electrons. The fraction of sp³-hybridized carbons (Fsp3) is 0.364. The Kier molecular flexibility index (Phi) is 5.92. The van der Waals surface area contributed by atoms with E-state index < -0.39 is 0 Å². The summed E-state index contributed by atoms with van der Waals surface area (Å²) >= 11 is 0. The lowest BCUT2D eigenvalue weighted by atomic mass is 10.2. The highest BCUT2D eigenvalue weighted by molar-refractivity contribution is 5.78. The molecule has 1 aromatic carbocycles. The van der Waals surface area contributed by atoms with Gasteiger partial charge in [0.05, 0.1) is 5.56 Å². The minimum atomic E-state index is -0.0105. The van der Waals surface area contributed by atoms with Gasteiger partial charge in [-0.15, -0.1) is 10.2 Å². The number of carbonyl (C=O) groups excluding carboxylic acids is 1. The zero-order chi connectivity index (χ0) is 20.9. The van der Waals surface area contributed by atoms with Gasteiger partial charge in [0.1, 0.15) is 11.6 Å². The number of aromatic nitrogens is 3. The van der Waals surface area contributed by atoms with Crippen molar-refractivity contribution >= 4 is 11.7 Å². The largest absolute Gasteiger partial charge is 0.484 e. The predicted octanol–water partition coefficient (Wildman–Crippen LogP) is 2.73. The van der Waals surface area contributed by atoms with Crippen LogP contribution in [0.4, 0.5) is 5.82 Å². The zero-order valence-electron chi connectivity index (χ0n) is 17.2. The molecule has 3 aromatic rings. The van der Waals surface area contributed by atoms with E-state index in [4.69, 9.17) is 9.15 Å². The molecule has 0 saturated carbocycles. The molecule has 0 spiro atoms. The summed E-state index contributed by atoms with van der Waals surface area (Å²) in [6.07, 6.45) is 2.44. The maximum absolute atomic E-state index is 12.6. The molecule has 4 rings (SSSR count). The molecule has 1 fully saturated rings. The Morgan fingerprint density at radius 2 is 1.90 bits per heavy atom. The monoisotopic (exact) mass is 407 g/mol. The molecule has 8 nitrogen and oxygen atoms in total. The van der Waals surface area contributed by atoms with Crippen molar-refractivity contribution in [1.82, 2.24) is 20.1 Å². The Hall–Kier alpha value is -3.42. The van der Waals surface area contributed by atoms with Crippen LogP contribution in [-0.2, 0) is 11.2 Å². The maximum Gasteiger partial charge on any atom is 0.260 e. The van der Waals surface area contributed by atoms with E-state index in [0.717, 1.165) is 22.7 Å². The fourth-order valence-corrected chi connectivity index (χ4v) is 3.44. The Labute approximate surface area is 175 Å². The first kappa shape index (κ1) is 19.9. The number of anilines is 1. The molecular formula is C22H25N5O3. The van der Waals surface area contributed by atoms with E-state index in [0.29, 0.717) is 44.4 Å². The number of rotatable bonds is 6. The number of nitrogens with zero attached hydrogens (tertiary/aromatic N) is 5. The van der Waals surface area contributed by atoms with Crippen LogP contribution in [0.5, 0.6) is 5.75 Å². The first-order valence-electron chi connectivity index (χ1n) is 10.1. The van der Waals surface area contributed by atoms with E-state index in [1.54, 1.807) is 6.20 Å². The predicted molar refractivity (Wildman–Crippen MR) is 112 cm³/mol.